The molecule has 0 aliphatic carbocycles. The number of esters is 1. The van der Waals surface area contributed by atoms with Crippen LogP contribution in [0.2, 0.25) is 0 Å². The topological polar surface area (TPSA) is 87.2 Å². The van der Waals surface area contributed by atoms with Gasteiger partial charge in [0.05, 0.1) is 23.2 Å². The van der Waals surface area contributed by atoms with Crippen LogP contribution in [0.3, 0.4) is 0 Å². The van der Waals surface area contributed by atoms with Crippen molar-refractivity contribution in [3.05, 3.63) is 24.3 Å². The highest BCUT2D eigenvalue weighted by molar-refractivity contribution is 8.02. The predicted octanol–water partition coefficient (Wildman–Crippen LogP) is 2.15. The summed E-state index contributed by atoms with van der Waals surface area (Å²) in [7, 11) is 0. The van der Waals surface area contributed by atoms with Gasteiger partial charge in [-0.15, -0.1) is 11.8 Å². The smallest absolute Gasteiger partial charge is 0.311 e. The first kappa shape index (κ1) is 23.4. The molecule has 5 atom stereocenters. The second-order valence-corrected chi connectivity index (χ2v) is 10.6. The Morgan fingerprint density at radius 1 is 1.12 bits per heavy atom. The van der Waals surface area contributed by atoms with Crippen LogP contribution in [0.25, 0.3) is 0 Å². The van der Waals surface area contributed by atoms with Crippen LogP contribution in [-0.2, 0) is 19.1 Å². The Balaban J connectivity index is 1.71. The Morgan fingerprint density at radius 3 is 2.72 bits per heavy atom. The molecule has 4 aliphatic heterocycles. The fourth-order valence-electron chi connectivity index (χ4n) is 5.54. The number of aliphatic hydroxyl groups excluding tert-OH is 1. The average molecular weight is 463 g/mol. The number of thioether (sulfide) groups is 1. The van der Waals surface area contributed by atoms with Gasteiger partial charge in [-0.1, -0.05) is 44.1 Å². The lowest BCUT2D eigenvalue weighted by Gasteiger charge is -2.35. The molecule has 2 saturated heterocycles. The molecule has 1 unspecified atom stereocenters. The molecule has 0 radical (unpaired) electrons. The largest absolute Gasteiger partial charge is 0.465 e. The number of carbonyl (C=O) groups excluding carboxylic acids is 3. The number of hydrogen-bond donors (Lipinski definition) is 1. The average Bonchev–Trinajstić information content (AvgIpc) is 3.14. The van der Waals surface area contributed by atoms with Gasteiger partial charge in [-0.05, 0) is 25.7 Å². The van der Waals surface area contributed by atoms with Crippen molar-refractivity contribution in [3.8, 4) is 0 Å². The fraction of sp³-hybridized carbons (Fsp3) is 0.708. The van der Waals surface area contributed by atoms with E-state index in [-0.39, 0.29) is 29.6 Å². The third-order valence-electron chi connectivity index (χ3n) is 7.04. The summed E-state index contributed by atoms with van der Waals surface area (Å²) in [4.78, 5) is 44.2. The molecule has 1 spiro atoms. The first-order chi connectivity index (χ1) is 15.5. The molecule has 0 aromatic heterocycles. The van der Waals surface area contributed by atoms with Crippen LogP contribution < -0.4 is 0 Å². The summed E-state index contributed by atoms with van der Waals surface area (Å²) in [5, 5.41) is 9.06. The number of hydrogen-bond acceptors (Lipinski definition) is 6. The molecule has 0 bridgehead atoms. The number of fused-ring (bicyclic) bond motifs is 2. The lowest BCUT2D eigenvalue weighted by molar-refractivity contribution is -0.153. The summed E-state index contributed by atoms with van der Waals surface area (Å²) in [6, 6.07) is -0.626. The van der Waals surface area contributed by atoms with Crippen LogP contribution >= 0.6 is 11.8 Å². The van der Waals surface area contributed by atoms with Crippen molar-refractivity contribution in [2.45, 2.75) is 61.5 Å². The van der Waals surface area contributed by atoms with Gasteiger partial charge in [-0.2, -0.15) is 0 Å². The van der Waals surface area contributed by atoms with Crippen LogP contribution in [0, 0.1) is 11.8 Å². The second kappa shape index (κ2) is 10.00. The molecule has 32 heavy (non-hydrogen) atoms. The molecule has 4 heterocycles. The van der Waals surface area contributed by atoms with E-state index < -0.39 is 22.6 Å². The quantitative estimate of drug-likeness (QED) is 0.338. The lowest BCUT2D eigenvalue weighted by atomic mass is 9.78. The number of aliphatic hydroxyl groups is 1. The number of carbonyl (C=O) groups is 3. The Labute approximate surface area is 194 Å². The lowest BCUT2D eigenvalue weighted by Crippen LogP contribution is -2.53. The van der Waals surface area contributed by atoms with Crippen molar-refractivity contribution in [2.24, 2.45) is 11.8 Å². The molecule has 8 heteroatoms. The third-order valence-corrected chi connectivity index (χ3v) is 8.79. The summed E-state index contributed by atoms with van der Waals surface area (Å²) in [5.41, 5.74) is 0. The molecule has 0 saturated carbocycles. The van der Waals surface area contributed by atoms with Crippen LogP contribution in [0.15, 0.2) is 24.3 Å². The van der Waals surface area contributed by atoms with Gasteiger partial charge in [0.15, 0.2) is 0 Å². The normalized spacial score (nSPS) is 34.0. The van der Waals surface area contributed by atoms with Crippen LogP contribution in [0.4, 0.5) is 0 Å². The molecule has 0 aromatic carbocycles. The summed E-state index contributed by atoms with van der Waals surface area (Å²) >= 11 is 1.58. The Kier molecular flexibility index (Phi) is 7.30. The number of nitrogens with zero attached hydrogens (tertiary/aromatic N) is 2. The number of rotatable bonds is 8. The van der Waals surface area contributed by atoms with Crippen molar-refractivity contribution in [1.82, 2.24) is 9.80 Å². The fourth-order valence-corrected chi connectivity index (χ4v) is 7.54. The van der Waals surface area contributed by atoms with Crippen LogP contribution in [0.1, 0.15) is 45.4 Å². The molecule has 4 aliphatic rings. The van der Waals surface area contributed by atoms with Gasteiger partial charge in [0.1, 0.15) is 6.04 Å². The summed E-state index contributed by atoms with van der Waals surface area (Å²) in [6.07, 6.45) is 13.0. The van der Waals surface area contributed by atoms with E-state index in [4.69, 9.17) is 4.74 Å². The maximum atomic E-state index is 13.9. The zero-order chi connectivity index (χ0) is 22.7. The summed E-state index contributed by atoms with van der Waals surface area (Å²) in [6.45, 7) is 4.12. The van der Waals surface area contributed by atoms with Crippen LogP contribution in [-0.4, -0.2) is 81.6 Å². The molecular formula is C24H34N2O5S. The molecule has 2 fully saturated rings. The molecule has 7 nitrogen and oxygen atoms in total. The Hall–Kier alpha value is -1.80. The molecule has 0 aromatic rings. The van der Waals surface area contributed by atoms with Crippen LogP contribution in [0.5, 0.6) is 0 Å². The number of amides is 2. The van der Waals surface area contributed by atoms with E-state index in [9.17, 15) is 19.5 Å². The van der Waals surface area contributed by atoms with Gasteiger partial charge in [-0.25, -0.2) is 0 Å². The molecule has 4 rings (SSSR count). The summed E-state index contributed by atoms with van der Waals surface area (Å²) < 4.78 is 4.71. The van der Waals surface area contributed by atoms with Gasteiger partial charge >= 0.3 is 5.97 Å². The van der Waals surface area contributed by atoms with E-state index in [1.54, 1.807) is 16.7 Å². The number of ether oxygens (including phenoxy) is 1. The minimum absolute atomic E-state index is 0.0231. The SMILES string of the molecule is CCCCCN1CC=C[C@]23S[C@H]4C=CCCOC(=O)[C@H]4[C@H]2C(=O)N(CCCCO)C3C1=O. The maximum absolute atomic E-state index is 13.9. The third kappa shape index (κ3) is 4.00. The monoisotopic (exact) mass is 462 g/mol. The minimum atomic E-state index is -0.768. The Morgan fingerprint density at radius 2 is 1.94 bits per heavy atom. The molecule has 2 amide bonds. The van der Waals surface area contributed by atoms with Gasteiger partial charge in [-0.3, -0.25) is 14.4 Å². The highest BCUT2D eigenvalue weighted by atomic mass is 32.2. The van der Waals surface area contributed by atoms with Crippen molar-refractivity contribution in [1.29, 1.82) is 0 Å². The van der Waals surface area contributed by atoms with E-state index in [2.05, 4.69) is 6.92 Å². The van der Waals surface area contributed by atoms with Crippen molar-refractivity contribution in [3.63, 3.8) is 0 Å². The van der Waals surface area contributed by atoms with E-state index in [0.717, 1.165) is 19.3 Å². The van der Waals surface area contributed by atoms with Gasteiger partial charge < -0.3 is 19.6 Å². The molecular weight excluding hydrogens is 428 g/mol. The number of cyclic esters (lactones) is 1. The number of unbranched alkanes of at least 4 members (excludes halogenated alkanes) is 3. The highest BCUT2D eigenvalue weighted by Gasteiger charge is 2.70. The maximum Gasteiger partial charge on any atom is 0.311 e. The molecule has 1 N–H and O–H groups in total. The Bertz CT molecular complexity index is 799. The zero-order valence-electron chi connectivity index (χ0n) is 18.8. The van der Waals surface area contributed by atoms with Gasteiger partial charge in [0.2, 0.25) is 11.8 Å². The van der Waals surface area contributed by atoms with E-state index in [1.807, 2.05) is 29.2 Å². The number of likely N-dealkylation sites (tertiary alicyclic amines) is 1. The van der Waals surface area contributed by atoms with Crippen molar-refractivity contribution < 1.29 is 24.2 Å². The first-order valence-corrected chi connectivity index (χ1v) is 12.8. The van der Waals surface area contributed by atoms with E-state index in [0.29, 0.717) is 45.5 Å². The first-order valence-electron chi connectivity index (χ1n) is 11.9. The zero-order valence-corrected chi connectivity index (χ0v) is 19.6. The minimum Gasteiger partial charge on any atom is -0.465 e. The molecule has 176 valence electrons. The second-order valence-electron chi connectivity index (χ2n) is 9.08. The van der Waals surface area contributed by atoms with E-state index >= 15 is 0 Å². The van der Waals surface area contributed by atoms with Gasteiger partial charge in [0, 0.05) is 31.5 Å². The van der Waals surface area contributed by atoms with Crippen molar-refractivity contribution >= 4 is 29.5 Å². The predicted molar refractivity (Wildman–Crippen MR) is 123 cm³/mol. The highest BCUT2D eigenvalue weighted by Crippen LogP contribution is 2.60. The standard InChI is InChI=1S/C24H34N2O5S/c1-2-3-5-12-25-13-9-11-24-19(18-17(32-24)10-4-8-16-31-23(18)30)21(28)26(14-6-7-15-27)20(24)22(25)29/h4,9-11,17-20,27H,2-3,5-8,12-16H2,1H3/t17-,18+,19-,20?,24-/m0/s1. The van der Waals surface area contributed by atoms with Gasteiger partial charge in [0.25, 0.3) is 0 Å². The van der Waals surface area contributed by atoms with E-state index in [1.165, 1.54) is 0 Å². The van der Waals surface area contributed by atoms with Crippen molar-refractivity contribution in [2.75, 3.05) is 32.8 Å². The summed E-state index contributed by atoms with van der Waals surface area (Å²) in [5.74, 6) is -1.68.